The Hall–Kier alpha value is -4.96. The highest BCUT2D eigenvalue weighted by Crippen LogP contribution is 2.33. The number of nitrogens with zero attached hydrogens (tertiary/aromatic N) is 2. The Balaban J connectivity index is 1.27. The van der Waals surface area contributed by atoms with E-state index in [1.165, 1.54) is 5.56 Å². The number of hydrogen-bond acceptors (Lipinski definition) is 6. The second-order valence-electron chi connectivity index (χ2n) is 9.63. The van der Waals surface area contributed by atoms with Crippen LogP contribution in [-0.2, 0) is 20.9 Å². The number of hydrogen-bond donors (Lipinski definition) is 3. The smallest absolute Gasteiger partial charge is 0.338 e. The number of amides is 1. The van der Waals surface area contributed by atoms with Gasteiger partial charge in [0.05, 0.1) is 24.4 Å². The summed E-state index contributed by atoms with van der Waals surface area (Å²) in [5, 5.41) is 11.7. The molecule has 0 bridgehead atoms. The van der Waals surface area contributed by atoms with E-state index in [9.17, 15) is 9.59 Å². The Morgan fingerprint density at radius 2 is 1.79 bits per heavy atom. The number of fused-ring (bicyclic) bond motifs is 1. The highest BCUT2D eigenvalue weighted by molar-refractivity contribution is 7.80. The van der Waals surface area contributed by atoms with Crippen molar-refractivity contribution in [1.29, 1.82) is 0 Å². The van der Waals surface area contributed by atoms with Gasteiger partial charge in [-0.1, -0.05) is 66.7 Å². The van der Waals surface area contributed by atoms with Gasteiger partial charge < -0.3 is 24.7 Å². The first-order valence-electron chi connectivity index (χ1n) is 13.6. The van der Waals surface area contributed by atoms with Crippen LogP contribution in [-0.4, -0.2) is 41.0 Å². The summed E-state index contributed by atoms with van der Waals surface area (Å²) >= 11 is 5.33. The van der Waals surface area contributed by atoms with Crippen LogP contribution >= 0.6 is 12.2 Å². The molecule has 2 heterocycles. The topological polar surface area (TPSA) is 106 Å². The minimum absolute atomic E-state index is 0.235. The first-order valence-corrected chi connectivity index (χ1v) is 14.0. The molecule has 10 heteroatoms. The number of esters is 1. The van der Waals surface area contributed by atoms with E-state index in [0.717, 1.165) is 23.0 Å². The van der Waals surface area contributed by atoms with Crippen molar-refractivity contribution in [3.8, 4) is 5.75 Å². The number of para-hydroxylation sites is 2. The number of thiocarbonyl (C=S) groups is 1. The van der Waals surface area contributed by atoms with Gasteiger partial charge in [0.2, 0.25) is 0 Å². The minimum Gasteiger partial charge on any atom is -0.483 e. The van der Waals surface area contributed by atoms with Crippen LogP contribution in [0.5, 0.6) is 5.75 Å². The molecule has 1 aliphatic heterocycles. The summed E-state index contributed by atoms with van der Waals surface area (Å²) in [4.78, 5) is 25.4. The summed E-state index contributed by atoms with van der Waals surface area (Å²) in [6.45, 7) is 4.19. The molecule has 3 N–H and O–H groups in total. The fourth-order valence-electron chi connectivity index (χ4n) is 4.90. The van der Waals surface area contributed by atoms with Crippen LogP contribution in [0.3, 0.4) is 0 Å². The van der Waals surface area contributed by atoms with Crippen LogP contribution in [0.25, 0.3) is 10.9 Å². The molecule has 9 nitrogen and oxygen atoms in total. The van der Waals surface area contributed by atoms with Crippen molar-refractivity contribution >= 4 is 46.3 Å². The van der Waals surface area contributed by atoms with Crippen LogP contribution in [0, 0.1) is 0 Å². The van der Waals surface area contributed by atoms with Gasteiger partial charge in [0.1, 0.15) is 5.75 Å². The Morgan fingerprint density at radius 1 is 1.05 bits per heavy atom. The van der Waals surface area contributed by atoms with Gasteiger partial charge >= 0.3 is 5.97 Å². The van der Waals surface area contributed by atoms with Crippen molar-refractivity contribution in [3.63, 3.8) is 0 Å². The van der Waals surface area contributed by atoms with Crippen LogP contribution in [0.15, 0.2) is 101 Å². The molecule has 0 radical (unpaired) electrons. The van der Waals surface area contributed by atoms with Crippen molar-refractivity contribution in [2.45, 2.75) is 26.4 Å². The zero-order valence-electron chi connectivity index (χ0n) is 23.3. The fourth-order valence-corrected chi connectivity index (χ4v) is 5.17. The largest absolute Gasteiger partial charge is 0.483 e. The Kier molecular flexibility index (Phi) is 8.93. The lowest BCUT2D eigenvalue weighted by Gasteiger charge is -2.30. The van der Waals surface area contributed by atoms with E-state index in [-0.39, 0.29) is 13.2 Å². The summed E-state index contributed by atoms with van der Waals surface area (Å²) < 4.78 is 13.3. The monoisotopic (exact) mass is 581 g/mol. The Morgan fingerprint density at radius 3 is 2.60 bits per heavy atom. The first-order chi connectivity index (χ1) is 20.4. The van der Waals surface area contributed by atoms with E-state index in [2.05, 4.69) is 43.9 Å². The number of carbonyl (C=O) groups is 2. The van der Waals surface area contributed by atoms with Gasteiger partial charge in [-0.2, -0.15) is 5.10 Å². The quantitative estimate of drug-likeness (QED) is 0.109. The van der Waals surface area contributed by atoms with E-state index in [4.69, 9.17) is 21.7 Å². The van der Waals surface area contributed by atoms with E-state index in [1.807, 2.05) is 54.7 Å². The Labute approximate surface area is 249 Å². The second kappa shape index (κ2) is 13.1. The summed E-state index contributed by atoms with van der Waals surface area (Å²) in [5.74, 6) is -0.466. The molecule has 4 aromatic rings. The van der Waals surface area contributed by atoms with E-state index in [1.54, 1.807) is 32.2 Å². The van der Waals surface area contributed by atoms with E-state index < -0.39 is 17.9 Å². The van der Waals surface area contributed by atoms with Gasteiger partial charge in [0.15, 0.2) is 11.7 Å². The third-order valence-corrected chi connectivity index (χ3v) is 6.98. The molecule has 5 rings (SSSR count). The van der Waals surface area contributed by atoms with Gasteiger partial charge in [-0.25, -0.2) is 10.2 Å². The lowest BCUT2D eigenvalue weighted by Crippen LogP contribution is -2.45. The molecule has 0 spiro atoms. The average Bonchev–Trinajstić information content (AvgIpc) is 3.33. The average molecular weight is 582 g/mol. The predicted octanol–water partition coefficient (Wildman–Crippen LogP) is 4.57. The number of nitrogens with one attached hydrogen (secondary N) is 3. The first kappa shape index (κ1) is 28.6. The fraction of sp³-hybridized carbons (Fsp3) is 0.188. The SMILES string of the molecule is CCOC(=O)C1=C(C)NC(=S)N[C@@H]1c1ccccc1OCC(=O)NN=Cc1cn(Cc2ccccc2)c2ccccc12. The Bertz CT molecular complexity index is 1680. The van der Waals surface area contributed by atoms with Gasteiger partial charge in [0.25, 0.3) is 5.91 Å². The molecular formula is C32H31N5O4S. The minimum atomic E-state index is -0.608. The van der Waals surface area contributed by atoms with Gasteiger partial charge in [0, 0.05) is 40.5 Å². The van der Waals surface area contributed by atoms with E-state index >= 15 is 0 Å². The normalized spacial score (nSPS) is 14.9. The molecule has 1 aromatic heterocycles. The molecule has 0 saturated carbocycles. The molecule has 1 amide bonds. The van der Waals surface area contributed by atoms with Crippen molar-refractivity contribution in [3.05, 3.63) is 113 Å². The van der Waals surface area contributed by atoms with Crippen LogP contribution < -0.4 is 20.8 Å². The maximum atomic E-state index is 12.8. The lowest BCUT2D eigenvalue weighted by atomic mass is 9.95. The number of rotatable bonds is 10. The zero-order chi connectivity index (χ0) is 29.5. The maximum absolute atomic E-state index is 12.8. The third-order valence-electron chi connectivity index (χ3n) is 6.76. The molecule has 42 heavy (non-hydrogen) atoms. The molecule has 0 unspecified atom stereocenters. The zero-order valence-corrected chi connectivity index (χ0v) is 24.1. The number of allylic oxidation sites excluding steroid dienone is 1. The molecule has 0 aliphatic carbocycles. The number of carbonyl (C=O) groups excluding carboxylic acids is 2. The molecule has 0 fully saturated rings. The summed E-state index contributed by atoms with van der Waals surface area (Å²) in [6, 6.07) is 24.8. The van der Waals surface area contributed by atoms with Gasteiger partial charge in [-0.05, 0) is 43.8 Å². The predicted molar refractivity (Wildman–Crippen MR) is 166 cm³/mol. The third kappa shape index (κ3) is 6.50. The lowest BCUT2D eigenvalue weighted by molar-refractivity contribution is -0.139. The summed E-state index contributed by atoms with van der Waals surface area (Å²) in [6.07, 6.45) is 3.65. The summed E-state index contributed by atoms with van der Waals surface area (Å²) in [5.41, 5.74) is 7.32. The molecular weight excluding hydrogens is 550 g/mol. The number of benzene rings is 3. The number of ether oxygens (including phenoxy) is 2. The van der Waals surface area contributed by atoms with Crippen LogP contribution in [0.2, 0.25) is 0 Å². The number of hydrazone groups is 1. The highest BCUT2D eigenvalue weighted by Gasteiger charge is 2.32. The second-order valence-corrected chi connectivity index (χ2v) is 10.0. The summed E-state index contributed by atoms with van der Waals surface area (Å²) in [7, 11) is 0. The molecule has 0 saturated heterocycles. The molecule has 3 aromatic carbocycles. The van der Waals surface area contributed by atoms with Crippen molar-refractivity contribution in [1.82, 2.24) is 20.6 Å². The molecule has 214 valence electrons. The van der Waals surface area contributed by atoms with Gasteiger partial charge in [-0.15, -0.1) is 0 Å². The van der Waals surface area contributed by atoms with Crippen molar-refractivity contribution in [2.75, 3.05) is 13.2 Å². The number of aromatic nitrogens is 1. The van der Waals surface area contributed by atoms with Gasteiger partial charge in [-0.3, -0.25) is 4.79 Å². The van der Waals surface area contributed by atoms with Crippen molar-refractivity contribution in [2.24, 2.45) is 5.10 Å². The van der Waals surface area contributed by atoms with E-state index in [0.29, 0.717) is 27.7 Å². The standard InChI is InChI=1S/C32H31N5O4S/c1-3-40-31(39)29-21(2)34-32(42)35-30(29)25-14-8-10-16-27(25)41-20-28(38)36-33-17-23-19-37(18-22-11-5-4-6-12-22)26-15-9-7-13-24(23)26/h4-17,19,30H,3,18,20H2,1-2H3,(H,36,38)(H2,34,35,42)/t30-/m1/s1. The van der Waals surface area contributed by atoms with Crippen LogP contribution in [0.4, 0.5) is 0 Å². The van der Waals surface area contributed by atoms with Crippen molar-refractivity contribution < 1.29 is 19.1 Å². The van der Waals surface area contributed by atoms with Crippen LogP contribution in [0.1, 0.15) is 36.6 Å². The maximum Gasteiger partial charge on any atom is 0.338 e. The molecule has 1 atom stereocenters. The highest BCUT2D eigenvalue weighted by atomic mass is 32.1. The molecule has 1 aliphatic rings.